The van der Waals surface area contributed by atoms with E-state index in [0.29, 0.717) is 24.4 Å². The van der Waals surface area contributed by atoms with Gasteiger partial charge in [0.15, 0.2) is 0 Å². The van der Waals surface area contributed by atoms with Gasteiger partial charge < -0.3 is 18.9 Å². The van der Waals surface area contributed by atoms with Crippen molar-refractivity contribution < 1.29 is 28.5 Å². The number of carbonyl (C=O) groups excluding carboxylic acids is 2. The fraction of sp³-hybridized carbons (Fsp3) is 0.455. The topological polar surface area (TPSA) is 71.1 Å². The first-order valence-electron chi connectivity index (χ1n) is 9.20. The molecule has 2 atom stereocenters. The Hall–Kier alpha value is -2.44. The van der Waals surface area contributed by atoms with E-state index in [1.165, 1.54) is 0 Å². The molecule has 0 spiro atoms. The molecule has 0 aliphatic carbocycles. The molecule has 0 aliphatic rings. The molecule has 6 heteroatoms. The van der Waals surface area contributed by atoms with Crippen LogP contribution in [0.25, 0.3) is 0 Å². The highest BCUT2D eigenvalue weighted by atomic mass is 16.6. The Balaban J connectivity index is 2.36. The van der Waals surface area contributed by atoms with Crippen LogP contribution < -0.4 is 0 Å². The predicted molar refractivity (Wildman–Crippen MR) is 107 cm³/mol. The zero-order valence-electron chi connectivity index (χ0n) is 17.2. The molecule has 6 nitrogen and oxygen atoms in total. The highest BCUT2D eigenvalue weighted by Crippen LogP contribution is 2.21. The Morgan fingerprint density at radius 3 is 1.36 bits per heavy atom. The van der Waals surface area contributed by atoms with E-state index in [9.17, 15) is 9.59 Å². The summed E-state index contributed by atoms with van der Waals surface area (Å²) >= 11 is 0. The Morgan fingerprint density at radius 1 is 0.750 bits per heavy atom. The molecule has 0 saturated carbocycles. The molecule has 1 rings (SSSR count). The van der Waals surface area contributed by atoms with Crippen LogP contribution in [0.1, 0.15) is 51.0 Å². The molecule has 0 aromatic heterocycles. The van der Waals surface area contributed by atoms with Crippen LogP contribution in [-0.4, -0.2) is 38.4 Å². The molecule has 1 aromatic carbocycles. The molecular formula is C22H30O6. The van der Waals surface area contributed by atoms with E-state index in [1.807, 2.05) is 38.1 Å². The standard InChI is InChI=1S/C22H30O6/c1-15(2)21(23)27-13-11-25-17(5)19-7-9-20(10-8-19)18(6)26-12-14-28-22(24)16(3)4/h7-10,17-18H,1,3,11-14H2,2,4-6H3. The zero-order chi connectivity index (χ0) is 21.1. The van der Waals surface area contributed by atoms with Gasteiger partial charge in [0.25, 0.3) is 0 Å². The van der Waals surface area contributed by atoms with Crippen molar-refractivity contribution in [2.45, 2.75) is 39.9 Å². The molecule has 154 valence electrons. The molecule has 28 heavy (non-hydrogen) atoms. The summed E-state index contributed by atoms with van der Waals surface area (Å²) in [6.07, 6.45) is -0.259. The molecule has 1 aromatic rings. The molecule has 2 unspecified atom stereocenters. The molecule has 0 fully saturated rings. The van der Waals surface area contributed by atoms with Crippen molar-refractivity contribution in [3.8, 4) is 0 Å². The average Bonchev–Trinajstić information content (AvgIpc) is 2.67. The summed E-state index contributed by atoms with van der Waals surface area (Å²) in [6, 6.07) is 7.89. The van der Waals surface area contributed by atoms with Gasteiger partial charge in [-0.3, -0.25) is 0 Å². The highest BCUT2D eigenvalue weighted by Gasteiger charge is 2.10. The van der Waals surface area contributed by atoms with Crippen LogP contribution in [0.4, 0.5) is 0 Å². The molecule has 0 saturated heterocycles. The van der Waals surface area contributed by atoms with Crippen LogP contribution in [0.15, 0.2) is 48.6 Å². The molecule has 0 N–H and O–H groups in total. The summed E-state index contributed by atoms with van der Waals surface area (Å²) < 4.78 is 21.4. The van der Waals surface area contributed by atoms with Gasteiger partial charge in [-0.15, -0.1) is 0 Å². The first kappa shape index (κ1) is 23.6. The Morgan fingerprint density at radius 2 is 1.07 bits per heavy atom. The van der Waals surface area contributed by atoms with Gasteiger partial charge in [-0.2, -0.15) is 0 Å². The lowest BCUT2D eigenvalue weighted by atomic mass is 10.1. The quantitative estimate of drug-likeness (QED) is 0.304. The third-order valence-corrected chi connectivity index (χ3v) is 3.94. The van der Waals surface area contributed by atoms with Crippen molar-refractivity contribution in [1.29, 1.82) is 0 Å². The minimum atomic E-state index is -0.413. The fourth-order valence-electron chi connectivity index (χ4n) is 2.20. The number of carbonyl (C=O) groups is 2. The van der Waals surface area contributed by atoms with E-state index in [2.05, 4.69) is 13.2 Å². The maximum absolute atomic E-state index is 11.3. The van der Waals surface area contributed by atoms with E-state index < -0.39 is 11.9 Å². The number of esters is 2. The first-order chi connectivity index (χ1) is 13.2. The summed E-state index contributed by atoms with van der Waals surface area (Å²) in [4.78, 5) is 22.6. The van der Waals surface area contributed by atoms with Gasteiger partial charge >= 0.3 is 11.9 Å². The lowest BCUT2D eigenvalue weighted by molar-refractivity contribution is -0.141. The van der Waals surface area contributed by atoms with Crippen molar-refractivity contribution in [1.82, 2.24) is 0 Å². The molecule has 0 amide bonds. The molecule has 0 aliphatic heterocycles. The molecule has 0 bridgehead atoms. The van der Waals surface area contributed by atoms with E-state index in [4.69, 9.17) is 18.9 Å². The van der Waals surface area contributed by atoms with E-state index in [-0.39, 0.29) is 25.4 Å². The zero-order valence-corrected chi connectivity index (χ0v) is 17.2. The van der Waals surface area contributed by atoms with Crippen LogP contribution in [0.3, 0.4) is 0 Å². The summed E-state index contributed by atoms with van der Waals surface area (Å²) in [6.45, 7) is 15.1. The minimum Gasteiger partial charge on any atom is -0.460 e. The highest BCUT2D eigenvalue weighted by molar-refractivity contribution is 5.87. The summed E-state index contributed by atoms with van der Waals surface area (Å²) in [5.41, 5.74) is 2.76. The third kappa shape index (κ3) is 8.50. The molecule has 0 radical (unpaired) electrons. The second-order valence-corrected chi connectivity index (χ2v) is 6.53. The smallest absolute Gasteiger partial charge is 0.333 e. The Labute approximate surface area is 167 Å². The van der Waals surface area contributed by atoms with Gasteiger partial charge in [0.2, 0.25) is 0 Å². The van der Waals surface area contributed by atoms with E-state index in [0.717, 1.165) is 11.1 Å². The number of hydrogen-bond donors (Lipinski definition) is 0. The Bertz CT molecular complexity index is 618. The minimum absolute atomic E-state index is 0.129. The maximum atomic E-state index is 11.3. The normalized spacial score (nSPS) is 12.7. The van der Waals surface area contributed by atoms with Crippen LogP contribution >= 0.6 is 0 Å². The second kappa shape index (κ2) is 12.1. The largest absolute Gasteiger partial charge is 0.460 e. The average molecular weight is 390 g/mol. The van der Waals surface area contributed by atoms with Crippen molar-refractivity contribution in [3.05, 3.63) is 59.7 Å². The van der Waals surface area contributed by atoms with Crippen molar-refractivity contribution in [2.75, 3.05) is 26.4 Å². The second-order valence-electron chi connectivity index (χ2n) is 6.53. The maximum Gasteiger partial charge on any atom is 0.333 e. The van der Waals surface area contributed by atoms with Gasteiger partial charge in [0, 0.05) is 11.1 Å². The monoisotopic (exact) mass is 390 g/mol. The third-order valence-electron chi connectivity index (χ3n) is 3.94. The van der Waals surface area contributed by atoms with Gasteiger partial charge in [0.05, 0.1) is 25.4 Å². The van der Waals surface area contributed by atoms with E-state index in [1.54, 1.807) is 13.8 Å². The van der Waals surface area contributed by atoms with Gasteiger partial charge in [-0.1, -0.05) is 37.4 Å². The van der Waals surface area contributed by atoms with Crippen LogP contribution in [0, 0.1) is 0 Å². The van der Waals surface area contributed by atoms with Crippen LogP contribution in [0.2, 0.25) is 0 Å². The van der Waals surface area contributed by atoms with Crippen molar-refractivity contribution in [3.63, 3.8) is 0 Å². The van der Waals surface area contributed by atoms with Crippen molar-refractivity contribution in [2.24, 2.45) is 0 Å². The lowest BCUT2D eigenvalue weighted by Crippen LogP contribution is -2.13. The fourth-order valence-corrected chi connectivity index (χ4v) is 2.20. The summed E-state index contributed by atoms with van der Waals surface area (Å²) in [5, 5.41) is 0. The van der Waals surface area contributed by atoms with Crippen LogP contribution in [0.5, 0.6) is 0 Å². The predicted octanol–water partition coefficient (Wildman–Crippen LogP) is 4.08. The van der Waals surface area contributed by atoms with Gasteiger partial charge in [-0.05, 0) is 38.8 Å². The number of rotatable bonds is 12. The first-order valence-corrected chi connectivity index (χ1v) is 9.20. The number of hydrogen-bond acceptors (Lipinski definition) is 6. The number of ether oxygens (including phenoxy) is 4. The van der Waals surface area contributed by atoms with Crippen molar-refractivity contribution >= 4 is 11.9 Å². The SMILES string of the molecule is C=C(C)C(=O)OCCOC(C)c1ccc(C(C)OCCOC(=O)C(=C)C)cc1. The van der Waals surface area contributed by atoms with E-state index >= 15 is 0 Å². The van der Waals surface area contributed by atoms with Gasteiger partial charge in [-0.25, -0.2) is 9.59 Å². The summed E-state index contributed by atoms with van der Waals surface area (Å²) in [5.74, 6) is -0.826. The molecule has 0 heterocycles. The number of benzene rings is 1. The lowest BCUT2D eigenvalue weighted by Gasteiger charge is -2.17. The van der Waals surface area contributed by atoms with Crippen LogP contribution in [-0.2, 0) is 28.5 Å². The molecular weight excluding hydrogens is 360 g/mol. The van der Waals surface area contributed by atoms with Gasteiger partial charge in [0.1, 0.15) is 13.2 Å². The summed E-state index contributed by atoms with van der Waals surface area (Å²) in [7, 11) is 0. The Kier molecular flexibility index (Phi) is 10.2.